The highest BCUT2D eigenvalue weighted by Gasteiger charge is 2.33. The molecular weight excluding hydrogens is 408 g/mol. The minimum Gasteiger partial charge on any atom is -0.459 e. The van der Waals surface area contributed by atoms with Crippen LogP contribution < -0.4 is 5.32 Å². The predicted molar refractivity (Wildman–Crippen MR) is 118 cm³/mol. The maximum atomic E-state index is 13.1. The van der Waals surface area contributed by atoms with Gasteiger partial charge in [-0.05, 0) is 37.8 Å². The molecule has 1 aromatic carbocycles. The third-order valence-electron chi connectivity index (χ3n) is 5.87. The van der Waals surface area contributed by atoms with E-state index >= 15 is 0 Å². The van der Waals surface area contributed by atoms with Crippen molar-refractivity contribution in [3.05, 3.63) is 59.9 Å². The number of nitrogens with one attached hydrogen (secondary N) is 1. The van der Waals surface area contributed by atoms with Crippen LogP contribution in [0.25, 0.3) is 11.4 Å². The van der Waals surface area contributed by atoms with E-state index in [1.807, 2.05) is 45.0 Å². The van der Waals surface area contributed by atoms with E-state index in [9.17, 15) is 9.59 Å². The third kappa shape index (κ3) is 4.74. The number of benzene rings is 1. The molecule has 32 heavy (non-hydrogen) atoms. The quantitative estimate of drug-likeness (QED) is 0.631. The fourth-order valence-electron chi connectivity index (χ4n) is 3.90. The van der Waals surface area contributed by atoms with Crippen molar-refractivity contribution in [2.24, 2.45) is 5.92 Å². The highest BCUT2D eigenvalue weighted by atomic mass is 16.5. The fourth-order valence-corrected chi connectivity index (χ4v) is 3.90. The Labute approximate surface area is 187 Å². The van der Waals surface area contributed by atoms with Crippen molar-refractivity contribution in [1.82, 2.24) is 20.4 Å². The third-order valence-corrected chi connectivity index (χ3v) is 5.87. The van der Waals surface area contributed by atoms with Gasteiger partial charge in [0.25, 0.3) is 5.91 Å². The molecule has 168 valence electrons. The van der Waals surface area contributed by atoms with Gasteiger partial charge in [-0.2, -0.15) is 4.98 Å². The molecule has 4 rings (SSSR count). The average molecular weight is 437 g/mol. The summed E-state index contributed by atoms with van der Waals surface area (Å²) in [6.07, 6.45) is 2.91. The van der Waals surface area contributed by atoms with E-state index in [2.05, 4.69) is 15.5 Å². The molecule has 1 aliphatic rings. The van der Waals surface area contributed by atoms with E-state index in [0.717, 1.165) is 18.4 Å². The Bertz CT molecular complexity index is 1050. The fraction of sp³-hybridized carbons (Fsp3) is 0.417. The number of hydrogen-bond acceptors (Lipinski definition) is 6. The maximum Gasteiger partial charge on any atom is 0.287 e. The predicted octanol–water partition coefficient (Wildman–Crippen LogP) is 3.80. The van der Waals surface area contributed by atoms with Crippen LogP contribution in [0.5, 0.6) is 0 Å². The van der Waals surface area contributed by atoms with Gasteiger partial charge in [0.1, 0.15) is 6.04 Å². The summed E-state index contributed by atoms with van der Waals surface area (Å²) in [4.78, 5) is 31.9. The average Bonchev–Trinajstić information content (AvgIpc) is 3.50. The Morgan fingerprint density at radius 1 is 1.12 bits per heavy atom. The van der Waals surface area contributed by atoms with E-state index < -0.39 is 6.04 Å². The first-order valence-corrected chi connectivity index (χ1v) is 11.0. The van der Waals surface area contributed by atoms with E-state index in [4.69, 9.17) is 8.94 Å². The van der Waals surface area contributed by atoms with Gasteiger partial charge in [-0.1, -0.05) is 48.8 Å². The molecule has 3 aromatic rings. The summed E-state index contributed by atoms with van der Waals surface area (Å²) in [5.74, 6) is 0.991. The first kappa shape index (κ1) is 21.8. The number of carbonyl (C=O) groups is 2. The molecule has 1 fully saturated rings. The molecule has 8 heteroatoms. The number of likely N-dealkylation sites (tertiary alicyclic amines) is 1. The molecular formula is C24H28N4O4. The zero-order chi connectivity index (χ0) is 22.7. The van der Waals surface area contributed by atoms with Crippen molar-refractivity contribution < 1.29 is 18.5 Å². The van der Waals surface area contributed by atoms with Crippen molar-refractivity contribution in [2.45, 2.75) is 45.6 Å². The molecule has 8 nitrogen and oxygen atoms in total. The molecule has 0 unspecified atom stereocenters. The van der Waals surface area contributed by atoms with Gasteiger partial charge in [-0.25, -0.2) is 0 Å². The van der Waals surface area contributed by atoms with Crippen LogP contribution in [0.3, 0.4) is 0 Å². The Morgan fingerprint density at radius 2 is 1.84 bits per heavy atom. The molecule has 2 aromatic heterocycles. The minimum absolute atomic E-state index is 0.0489. The number of piperidine rings is 1. The lowest BCUT2D eigenvalue weighted by molar-refractivity contribution is -0.135. The summed E-state index contributed by atoms with van der Waals surface area (Å²) < 4.78 is 10.7. The summed E-state index contributed by atoms with van der Waals surface area (Å²) in [5.41, 5.74) is 2.10. The molecule has 1 atom stereocenters. The first-order chi connectivity index (χ1) is 15.4. The SMILES string of the molecule is Cc1ccc(-c2noc(C3CCN(C(=O)[C@H](NC(=O)c4ccco4)C(C)C)CC3)n2)cc1. The second-order valence-corrected chi connectivity index (χ2v) is 8.59. The van der Waals surface area contributed by atoms with Gasteiger partial charge in [-0.15, -0.1) is 0 Å². The number of amides is 2. The van der Waals surface area contributed by atoms with E-state index in [1.165, 1.54) is 11.8 Å². The monoisotopic (exact) mass is 436 g/mol. The van der Waals surface area contributed by atoms with E-state index in [0.29, 0.717) is 24.8 Å². The number of aryl methyl sites for hydroxylation is 1. The van der Waals surface area contributed by atoms with E-state index in [-0.39, 0.29) is 29.4 Å². The number of furan rings is 1. The second kappa shape index (κ2) is 9.38. The van der Waals surface area contributed by atoms with Crippen molar-refractivity contribution in [2.75, 3.05) is 13.1 Å². The molecule has 1 saturated heterocycles. The Kier molecular flexibility index (Phi) is 6.39. The number of rotatable bonds is 6. The smallest absolute Gasteiger partial charge is 0.287 e. The Balaban J connectivity index is 1.36. The van der Waals surface area contributed by atoms with Crippen LogP contribution in [0.15, 0.2) is 51.6 Å². The zero-order valence-corrected chi connectivity index (χ0v) is 18.6. The number of nitrogens with zero attached hydrogens (tertiary/aromatic N) is 3. The molecule has 0 aliphatic carbocycles. The Hall–Kier alpha value is -3.42. The van der Waals surface area contributed by atoms with Crippen LogP contribution in [0.2, 0.25) is 0 Å². The summed E-state index contributed by atoms with van der Waals surface area (Å²) in [6.45, 7) is 7.02. The van der Waals surface area contributed by atoms with Crippen LogP contribution >= 0.6 is 0 Å². The topological polar surface area (TPSA) is 101 Å². The van der Waals surface area contributed by atoms with Crippen LogP contribution in [0, 0.1) is 12.8 Å². The summed E-state index contributed by atoms with van der Waals surface area (Å²) in [6, 6.07) is 10.6. The lowest BCUT2D eigenvalue weighted by Crippen LogP contribution is -2.52. The molecule has 0 saturated carbocycles. The molecule has 0 spiro atoms. The van der Waals surface area contributed by atoms with Crippen LogP contribution in [-0.4, -0.2) is 46.0 Å². The molecule has 1 N–H and O–H groups in total. The number of carbonyl (C=O) groups excluding carboxylic acids is 2. The number of hydrogen-bond donors (Lipinski definition) is 1. The lowest BCUT2D eigenvalue weighted by atomic mass is 9.95. The molecule has 1 aliphatic heterocycles. The van der Waals surface area contributed by atoms with E-state index in [1.54, 1.807) is 17.0 Å². The first-order valence-electron chi connectivity index (χ1n) is 11.0. The van der Waals surface area contributed by atoms with Gasteiger partial charge in [0.15, 0.2) is 5.76 Å². The zero-order valence-electron chi connectivity index (χ0n) is 18.6. The summed E-state index contributed by atoms with van der Waals surface area (Å²) >= 11 is 0. The highest BCUT2D eigenvalue weighted by Crippen LogP contribution is 2.29. The molecule has 0 bridgehead atoms. The summed E-state index contributed by atoms with van der Waals surface area (Å²) in [5, 5.41) is 6.95. The van der Waals surface area contributed by atoms with Gasteiger partial charge in [-0.3, -0.25) is 9.59 Å². The van der Waals surface area contributed by atoms with Crippen LogP contribution in [0.1, 0.15) is 54.6 Å². The van der Waals surface area contributed by atoms with Crippen LogP contribution in [-0.2, 0) is 4.79 Å². The second-order valence-electron chi connectivity index (χ2n) is 8.59. The van der Waals surface area contributed by atoms with Gasteiger partial charge in [0.05, 0.1) is 6.26 Å². The van der Waals surface area contributed by atoms with Crippen molar-refractivity contribution >= 4 is 11.8 Å². The van der Waals surface area contributed by atoms with Gasteiger partial charge in [0.2, 0.25) is 17.6 Å². The maximum absolute atomic E-state index is 13.1. The van der Waals surface area contributed by atoms with Crippen LogP contribution in [0.4, 0.5) is 0 Å². The van der Waals surface area contributed by atoms with Crippen molar-refractivity contribution in [1.29, 1.82) is 0 Å². The number of aromatic nitrogens is 2. The van der Waals surface area contributed by atoms with Gasteiger partial charge in [0, 0.05) is 24.6 Å². The molecule has 3 heterocycles. The van der Waals surface area contributed by atoms with Crippen molar-refractivity contribution in [3.63, 3.8) is 0 Å². The van der Waals surface area contributed by atoms with Gasteiger partial charge >= 0.3 is 0 Å². The molecule has 0 radical (unpaired) electrons. The van der Waals surface area contributed by atoms with Crippen molar-refractivity contribution in [3.8, 4) is 11.4 Å². The van der Waals surface area contributed by atoms with Gasteiger partial charge < -0.3 is 19.2 Å². The molecule has 2 amide bonds. The standard InChI is InChI=1S/C24H28N4O4/c1-15(2)20(25-22(29)19-5-4-14-31-19)24(30)28-12-10-18(11-13-28)23-26-21(27-32-23)17-8-6-16(3)7-9-17/h4-9,14-15,18,20H,10-13H2,1-3H3,(H,25,29)/t20-/m1/s1. The minimum atomic E-state index is -0.610. The normalized spacial score (nSPS) is 15.7. The summed E-state index contributed by atoms with van der Waals surface area (Å²) in [7, 11) is 0. The largest absolute Gasteiger partial charge is 0.459 e. The highest BCUT2D eigenvalue weighted by molar-refractivity contribution is 5.95. The Morgan fingerprint density at radius 3 is 2.47 bits per heavy atom. The lowest BCUT2D eigenvalue weighted by Gasteiger charge is -2.34.